The first-order chi connectivity index (χ1) is 16.9. The van der Waals surface area contributed by atoms with Crippen LogP contribution in [0.3, 0.4) is 0 Å². The number of piperazine rings is 1. The zero-order chi connectivity index (χ0) is 25.0. The zero-order valence-electron chi connectivity index (χ0n) is 20.0. The zero-order valence-corrected chi connectivity index (χ0v) is 20.8. The number of anilines is 1. The first-order valence-corrected chi connectivity index (χ1v) is 12.9. The van der Waals surface area contributed by atoms with Crippen molar-refractivity contribution in [3.63, 3.8) is 0 Å². The molecular weight excluding hydrogens is 471 g/mol. The highest BCUT2D eigenvalue weighted by Gasteiger charge is 2.32. The van der Waals surface area contributed by atoms with Crippen LogP contribution >= 0.6 is 11.8 Å². The molecule has 0 aliphatic carbocycles. The average Bonchev–Trinajstić information content (AvgIpc) is 3.33. The Hall–Kier alpha value is -3.04. The van der Waals surface area contributed by atoms with Crippen LogP contribution in [0.1, 0.15) is 19.4 Å². The third-order valence-electron chi connectivity index (χ3n) is 5.87. The van der Waals surface area contributed by atoms with Crippen molar-refractivity contribution in [2.75, 3.05) is 37.3 Å². The molecule has 2 aromatic heterocycles. The molecule has 1 fully saturated rings. The number of nitrogens with zero attached hydrogens (tertiary/aromatic N) is 3. The predicted molar refractivity (Wildman–Crippen MR) is 136 cm³/mol. The van der Waals surface area contributed by atoms with Gasteiger partial charge in [-0.2, -0.15) is 13.2 Å². The smallest absolute Gasteiger partial charge is 0.369 e. The number of alkyl halides is 3. The summed E-state index contributed by atoms with van der Waals surface area (Å²) in [4.78, 5) is 7.49. The van der Waals surface area contributed by atoms with E-state index in [0.717, 1.165) is 37.3 Å². The van der Waals surface area contributed by atoms with Crippen LogP contribution < -0.4 is 14.7 Å². The van der Waals surface area contributed by atoms with Gasteiger partial charge in [0.05, 0.1) is 22.9 Å². The molecule has 2 N–H and O–H groups in total. The Labute approximate surface area is 207 Å². The van der Waals surface area contributed by atoms with Crippen LogP contribution in [0.4, 0.5) is 18.9 Å². The van der Waals surface area contributed by atoms with Gasteiger partial charge >= 0.3 is 11.8 Å². The highest BCUT2D eigenvalue weighted by atomic mass is 32.2. The molecule has 4 aromatic rings. The van der Waals surface area contributed by atoms with Crippen LogP contribution in [0.5, 0.6) is 0 Å². The van der Waals surface area contributed by atoms with E-state index in [2.05, 4.69) is 44.6 Å². The van der Waals surface area contributed by atoms with E-state index in [0.29, 0.717) is 21.7 Å². The van der Waals surface area contributed by atoms with Crippen LogP contribution in [-0.2, 0) is 6.18 Å². The summed E-state index contributed by atoms with van der Waals surface area (Å²) in [5.41, 5.74) is 4.15. The van der Waals surface area contributed by atoms with Gasteiger partial charge in [0.2, 0.25) is 0 Å². The first-order valence-electron chi connectivity index (χ1n) is 11.6. The number of H-pyrrole nitrogens is 1. The lowest BCUT2D eigenvalue weighted by molar-refractivity contribution is -0.578. The minimum atomic E-state index is -4.41. The molecule has 0 amide bonds. The minimum absolute atomic E-state index is 0.480. The molecule has 0 radical (unpaired) electrons. The van der Waals surface area contributed by atoms with Crippen molar-refractivity contribution in [1.82, 2.24) is 15.4 Å². The second-order valence-electron chi connectivity index (χ2n) is 7.96. The molecule has 2 aromatic carbocycles. The SMILES string of the molecule is CC.CSc1cc(-c2c[nH][n+]3cc(-c4ccc(N5CCNCC5)cc4)cnc23)cc(C(F)(F)F)c1. The minimum Gasteiger partial charge on any atom is -0.369 e. The Morgan fingerprint density at radius 1 is 0.971 bits per heavy atom. The van der Waals surface area contributed by atoms with Gasteiger partial charge < -0.3 is 10.2 Å². The molecule has 0 spiro atoms. The van der Waals surface area contributed by atoms with Gasteiger partial charge in [-0.1, -0.05) is 26.0 Å². The van der Waals surface area contributed by atoms with E-state index in [1.807, 2.05) is 20.0 Å². The van der Waals surface area contributed by atoms with Gasteiger partial charge in [-0.25, -0.2) is 5.10 Å². The lowest BCUT2D eigenvalue weighted by atomic mass is 10.0. The van der Waals surface area contributed by atoms with E-state index in [9.17, 15) is 13.2 Å². The number of aromatic amines is 1. The number of thioether (sulfide) groups is 1. The van der Waals surface area contributed by atoms with Crippen LogP contribution in [0.2, 0.25) is 0 Å². The first kappa shape index (κ1) is 25.1. The van der Waals surface area contributed by atoms with Crippen LogP contribution in [0, 0.1) is 0 Å². The quantitative estimate of drug-likeness (QED) is 0.281. The van der Waals surface area contributed by atoms with Crippen molar-refractivity contribution in [2.45, 2.75) is 24.9 Å². The molecule has 0 saturated carbocycles. The molecule has 1 saturated heterocycles. The van der Waals surface area contributed by atoms with Gasteiger partial charge in [-0.05, 0) is 52.7 Å². The maximum Gasteiger partial charge on any atom is 0.416 e. The number of benzene rings is 2. The van der Waals surface area contributed by atoms with E-state index < -0.39 is 11.7 Å². The molecule has 1 aliphatic rings. The Kier molecular flexibility index (Phi) is 7.66. The van der Waals surface area contributed by atoms with Gasteiger partial charge in [0.1, 0.15) is 6.20 Å². The summed E-state index contributed by atoms with van der Waals surface area (Å²) >= 11 is 1.28. The molecule has 5 rings (SSSR count). The summed E-state index contributed by atoms with van der Waals surface area (Å²) in [5, 5.41) is 6.46. The van der Waals surface area contributed by atoms with E-state index in [4.69, 9.17) is 0 Å². The fraction of sp³-hybridized carbons (Fsp3) is 0.308. The van der Waals surface area contributed by atoms with E-state index in [-0.39, 0.29) is 0 Å². The van der Waals surface area contributed by atoms with Crippen LogP contribution in [-0.4, -0.2) is 42.5 Å². The Bertz CT molecular complexity index is 1280. The molecule has 35 heavy (non-hydrogen) atoms. The number of nitrogens with one attached hydrogen (secondary N) is 2. The highest BCUT2D eigenvalue weighted by molar-refractivity contribution is 7.98. The second kappa shape index (κ2) is 10.7. The molecule has 0 unspecified atom stereocenters. The van der Waals surface area contributed by atoms with E-state index in [1.54, 1.807) is 29.2 Å². The number of fused-ring (bicyclic) bond motifs is 1. The van der Waals surface area contributed by atoms with Gasteiger partial charge in [-0.3, -0.25) is 0 Å². The Morgan fingerprint density at radius 3 is 2.34 bits per heavy atom. The highest BCUT2D eigenvalue weighted by Crippen LogP contribution is 2.36. The molecule has 9 heteroatoms. The van der Waals surface area contributed by atoms with Gasteiger partial charge in [0.15, 0.2) is 6.20 Å². The summed E-state index contributed by atoms with van der Waals surface area (Å²) in [6.45, 7) is 7.94. The lowest BCUT2D eigenvalue weighted by Crippen LogP contribution is -2.43. The summed E-state index contributed by atoms with van der Waals surface area (Å²) < 4.78 is 41.9. The van der Waals surface area contributed by atoms with Crippen molar-refractivity contribution in [1.29, 1.82) is 0 Å². The topological polar surface area (TPSA) is 48.1 Å². The summed E-state index contributed by atoms with van der Waals surface area (Å²) in [6.07, 6.45) is 2.72. The average molecular weight is 501 g/mol. The molecular formula is C26H29F3N5S+. The number of rotatable bonds is 4. The van der Waals surface area contributed by atoms with Crippen molar-refractivity contribution in [3.05, 3.63) is 66.6 Å². The maximum atomic E-state index is 13.4. The van der Waals surface area contributed by atoms with Crippen molar-refractivity contribution in [3.8, 4) is 22.3 Å². The Balaban J connectivity index is 0.00000141. The largest absolute Gasteiger partial charge is 0.416 e. The van der Waals surface area contributed by atoms with Gasteiger partial charge in [0.25, 0.3) is 0 Å². The number of aromatic nitrogens is 3. The van der Waals surface area contributed by atoms with Crippen LogP contribution in [0.25, 0.3) is 27.9 Å². The molecule has 3 heterocycles. The summed E-state index contributed by atoms with van der Waals surface area (Å²) in [5.74, 6) is 0. The monoisotopic (exact) mass is 500 g/mol. The van der Waals surface area contributed by atoms with Crippen LogP contribution in [0.15, 0.2) is 66.0 Å². The van der Waals surface area contributed by atoms with E-state index >= 15 is 0 Å². The van der Waals surface area contributed by atoms with Crippen molar-refractivity contribution in [2.24, 2.45) is 0 Å². The number of hydrogen-bond acceptors (Lipinski definition) is 4. The maximum absolute atomic E-state index is 13.4. The lowest BCUT2D eigenvalue weighted by Gasteiger charge is -2.29. The number of hydrogen-bond donors (Lipinski definition) is 2. The Morgan fingerprint density at radius 2 is 1.69 bits per heavy atom. The van der Waals surface area contributed by atoms with Crippen molar-refractivity contribution >= 4 is 23.1 Å². The fourth-order valence-electron chi connectivity index (χ4n) is 4.11. The fourth-order valence-corrected chi connectivity index (χ4v) is 4.60. The third-order valence-corrected chi connectivity index (χ3v) is 6.58. The van der Waals surface area contributed by atoms with E-state index in [1.165, 1.54) is 29.6 Å². The second-order valence-corrected chi connectivity index (χ2v) is 8.83. The third kappa shape index (κ3) is 5.46. The molecule has 0 atom stereocenters. The molecule has 1 aliphatic heterocycles. The van der Waals surface area contributed by atoms with Crippen molar-refractivity contribution < 1.29 is 17.7 Å². The normalized spacial score (nSPS) is 14.1. The van der Waals surface area contributed by atoms with Gasteiger partial charge in [0, 0.05) is 36.8 Å². The predicted octanol–water partition coefficient (Wildman–Crippen LogP) is 5.66. The molecule has 0 bridgehead atoms. The standard InChI is InChI=1S/C24H22F3N5S.C2H6/c1-33-21-11-17(10-19(12-21)24(25,26)27)22-14-30-32-15-18(13-29-23(22)32)16-2-4-20(5-3-16)31-8-6-28-7-9-31;1-2/h2-5,10-15,28H,6-9H2,1H3;1-2H3/p+1. The molecule has 5 nitrogen and oxygen atoms in total. The molecule has 184 valence electrons. The summed E-state index contributed by atoms with van der Waals surface area (Å²) in [7, 11) is 0. The number of halogens is 3. The van der Waals surface area contributed by atoms with Gasteiger partial charge in [-0.15, -0.1) is 16.3 Å². The summed E-state index contributed by atoms with van der Waals surface area (Å²) in [6, 6.07) is 12.5.